The number of ether oxygens (including phenoxy) is 3. The Balaban J connectivity index is 2.96. The molecule has 1 aromatic carbocycles. The quantitative estimate of drug-likeness (QED) is 0.617. The van der Waals surface area contributed by atoms with Gasteiger partial charge < -0.3 is 14.2 Å². The maximum Gasteiger partial charge on any atom is 0.328 e. The van der Waals surface area contributed by atoms with Crippen LogP contribution in [-0.2, 0) is 19.0 Å². The van der Waals surface area contributed by atoms with Gasteiger partial charge in [-0.15, -0.1) is 0 Å². The van der Waals surface area contributed by atoms with E-state index in [1.165, 1.54) is 0 Å². The number of hydrogen-bond donors (Lipinski definition) is 0. The molecule has 1 aromatic rings. The normalized spacial score (nSPS) is 12.4. The van der Waals surface area contributed by atoms with Crippen molar-refractivity contribution in [3.05, 3.63) is 35.9 Å². The van der Waals surface area contributed by atoms with E-state index in [1.54, 1.807) is 14.2 Å². The first-order valence-corrected chi connectivity index (χ1v) is 7.18. The van der Waals surface area contributed by atoms with Gasteiger partial charge in [0.25, 0.3) is 0 Å². The fourth-order valence-electron chi connectivity index (χ4n) is 2.14. The lowest BCUT2D eigenvalue weighted by molar-refractivity contribution is -0.150. The summed E-state index contributed by atoms with van der Waals surface area (Å²) in [6.45, 7) is 4.55. The first kappa shape index (κ1) is 17.6. The van der Waals surface area contributed by atoms with Gasteiger partial charge in [0.2, 0.25) is 0 Å². The van der Waals surface area contributed by atoms with Crippen molar-refractivity contribution in [2.24, 2.45) is 0 Å². The third-order valence-corrected chi connectivity index (χ3v) is 3.16. The van der Waals surface area contributed by atoms with E-state index < -0.39 is 6.04 Å². The molecule has 0 aliphatic heterocycles. The number of esters is 1. The highest BCUT2D eigenvalue weighted by Gasteiger charge is 2.28. The summed E-state index contributed by atoms with van der Waals surface area (Å²) in [6, 6.07) is 9.22. The number of carbonyl (C=O) groups excluding carboxylic acids is 1. The molecule has 0 saturated carbocycles. The molecule has 5 heteroatoms. The van der Waals surface area contributed by atoms with Gasteiger partial charge in [-0.3, -0.25) is 4.90 Å². The second kappa shape index (κ2) is 10.3. The van der Waals surface area contributed by atoms with Crippen LogP contribution in [0.2, 0.25) is 0 Å². The Hall–Kier alpha value is -1.43. The van der Waals surface area contributed by atoms with Gasteiger partial charge in [0, 0.05) is 27.3 Å². The molecule has 0 spiro atoms. The van der Waals surface area contributed by atoms with Crippen LogP contribution in [-0.4, -0.2) is 58.0 Å². The molecule has 1 unspecified atom stereocenters. The SMILES string of the molecule is CCOC(=O)C(c1ccccc1)N(CCOC)CCOC. The van der Waals surface area contributed by atoms with Gasteiger partial charge in [-0.2, -0.15) is 0 Å². The zero-order valence-corrected chi connectivity index (χ0v) is 13.1. The number of carbonyl (C=O) groups is 1. The molecule has 0 aliphatic carbocycles. The first-order chi connectivity index (χ1) is 10.2. The molecule has 0 aromatic heterocycles. The smallest absolute Gasteiger partial charge is 0.328 e. The Kier molecular flexibility index (Phi) is 8.66. The van der Waals surface area contributed by atoms with Crippen LogP contribution in [0.5, 0.6) is 0 Å². The summed E-state index contributed by atoms with van der Waals surface area (Å²) in [4.78, 5) is 14.4. The number of benzene rings is 1. The summed E-state index contributed by atoms with van der Waals surface area (Å²) in [7, 11) is 3.30. The molecule has 0 radical (unpaired) electrons. The van der Waals surface area contributed by atoms with Crippen molar-refractivity contribution in [3.63, 3.8) is 0 Å². The van der Waals surface area contributed by atoms with Crippen molar-refractivity contribution in [2.45, 2.75) is 13.0 Å². The molecule has 0 fully saturated rings. The highest BCUT2D eigenvalue weighted by Crippen LogP contribution is 2.22. The molecule has 21 heavy (non-hydrogen) atoms. The second-order valence-electron chi connectivity index (χ2n) is 4.59. The number of rotatable bonds is 10. The van der Waals surface area contributed by atoms with Crippen LogP contribution < -0.4 is 0 Å². The van der Waals surface area contributed by atoms with Crippen LogP contribution in [0.1, 0.15) is 18.5 Å². The zero-order chi connectivity index (χ0) is 15.5. The molecular formula is C16H25NO4. The minimum absolute atomic E-state index is 0.240. The average Bonchev–Trinajstić information content (AvgIpc) is 2.51. The fraction of sp³-hybridized carbons (Fsp3) is 0.562. The standard InChI is InChI=1S/C16H25NO4/c1-4-21-16(18)15(14-8-6-5-7-9-14)17(10-12-19-2)11-13-20-3/h5-9,15H,4,10-13H2,1-3H3. The summed E-state index contributed by atoms with van der Waals surface area (Å²) >= 11 is 0. The molecular weight excluding hydrogens is 270 g/mol. The van der Waals surface area contributed by atoms with Crippen molar-refractivity contribution >= 4 is 5.97 Å². The molecule has 1 rings (SSSR count). The van der Waals surface area contributed by atoms with Gasteiger partial charge in [0.1, 0.15) is 6.04 Å². The van der Waals surface area contributed by atoms with E-state index in [4.69, 9.17) is 14.2 Å². The van der Waals surface area contributed by atoms with Crippen LogP contribution in [0, 0.1) is 0 Å². The largest absolute Gasteiger partial charge is 0.465 e. The molecule has 118 valence electrons. The minimum Gasteiger partial charge on any atom is -0.465 e. The van der Waals surface area contributed by atoms with E-state index in [1.807, 2.05) is 42.2 Å². The number of hydrogen-bond acceptors (Lipinski definition) is 5. The molecule has 1 atom stereocenters. The molecule has 0 amide bonds. The van der Waals surface area contributed by atoms with Gasteiger partial charge in [0.05, 0.1) is 19.8 Å². The van der Waals surface area contributed by atoms with Gasteiger partial charge in [0.15, 0.2) is 0 Å². The van der Waals surface area contributed by atoms with E-state index in [0.717, 1.165) is 5.56 Å². The summed E-state index contributed by atoms with van der Waals surface area (Å²) in [5.41, 5.74) is 0.920. The van der Waals surface area contributed by atoms with Crippen molar-refractivity contribution in [1.29, 1.82) is 0 Å². The average molecular weight is 295 g/mol. The molecule has 0 N–H and O–H groups in total. The Bertz CT molecular complexity index is 389. The lowest BCUT2D eigenvalue weighted by Crippen LogP contribution is -2.39. The van der Waals surface area contributed by atoms with Crippen LogP contribution >= 0.6 is 0 Å². The number of nitrogens with zero attached hydrogens (tertiary/aromatic N) is 1. The maximum atomic E-state index is 12.4. The second-order valence-corrected chi connectivity index (χ2v) is 4.59. The van der Waals surface area contributed by atoms with Gasteiger partial charge in [-0.05, 0) is 12.5 Å². The van der Waals surface area contributed by atoms with E-state index >= 15 is 0 Å². The Morgan fingerprint density at radius 3 is 2.14 bits per heavy atom. The molecule has 0 heterocycles. The van der Waals surface area contributed by atoms with Crippen molar-refractivity contribution in [1.82, 2.24) is 4.90 Å². The maximum absolute atomic E-state index is 12.4. The van der Waals surface area contributed by atoms with E-state index in [2.05, 4.69) is 0 Å². The zero-order valence-electron chi connectivity index (χ0n) is 13.1. The molecule has 0 saturated heterocycles. The molecule has 0 bridgehead atoms. The summed E-state index contributed by atoms with van der Waals surface area (Å²) < 4.78 is 15.5. The Morgan fingerprint density at radius 1 is 1.10 bits per heavy atom. The lowest BCUT2D eigenvalue weighted by atomic mass is 10.1. The van der Waals surface area contributed by atoms with Crippen LogP contribution in [0.15, 0.2) is 30.3 Å². The molecule has 5 nitrogen and oxygen atoms in total. The first-order valence-electron chi connectivity index (χ1n) is 7.18. The van der Waals surface area contributed by atoms with E-state index in [0.29, 0.717) is 32.9 Å². The van der Waals surface area contributed by atoms with Crippen LogP contribution in [0.3, 0.4) is 0 Å². The van der Waals surface area contributed by atoms with E-state index in [-0.39, 0.29) is 5.97 Å². The Labute approximate surface area is 126 Å². The lowest BCUT2D eigenvalue weighted by Gasteiger charge is -2.30. The van der Waals surface area contributed by atoms with Gasteiger partial charge in [-0.25, -0.2) is 4.79 Å². The third-order valence-electron chi connectivity index (χ3n) is 3.16. The highest BCUT2D eigenvalue weighted by molar-refractivity contribution is 5.77. The molecule has 0 aliphatic rings. The Morgan fingerprint density at radius 2 is 1.67 bits per heavy atom. The summed E-state index contributed by atoms with van der Waals surface area (Å²) in [5, 5.41) is 0. The topological polar surface area (TPSA) is 48.0 Å². The van der Waals surface area contributed by atoms with Crippen molar-refractivity contribution < 1.29 is 19.0 Å². The van der Waals surface area contributed by atoms with Crippen LogP contribution in [0.4, 0.5) is 0 Å². The summed E-state index contributed by atoms with van der Waals surface area (Å²) in [6.07, 6.45) is 0. The van der Waals surface area contributed by atoms with Crippen molar-refractivity contribution in [3.8, 4) is 0 Å². The third kappa shape index (κ3) is 5.83. The van der Waals surface area contributed by atoms with Crippen LogP contribution in [0.25, 0.3) is 0 Å². The predicted octanol–water partition coefficient (Wildman–Crippen LogP) is 1.89. The monoisotopic (exact) mass is 295 g/mol. The highest BCUT2D eigenvalue weighted by atomic mass is 16.5. The fourth-order valence-corrected chi connectivity index (χ4v) is 2.14. The summed E-state index contributed by atoms with van der Waals surface area (Å²) in [5.74, 6) is -0.240. The number of methoxy groups -OCH3 is 2. The van der Waals surface area contributed by atoms with Gasteiger partial charge >= 0.3 is 5.97 Å². The van der Waals surface area contributed by atoms with Gasteiger partial charge in [-0.1, -0.05) is 30.3 Å². The predicted molar refractivity (Wildman–Crippen MR) is 81.1 cm³/mol. The van der Waals surface area contributed by atoms with E-state index in [9.17, 15) is 4.79 Å². The minimum atomic E-state index is -0.434. The van der Waals surface area contributed by atoms with Crippen molar-refractivity contribution in [2.75, 3.05) is 47.1 Å².